The average Bonchev–Trinajstić information content (AvgIpc) is 3.03. The lowest BCUT2D eigenvalue weighted by Crippen LogP contribution is -2.46. The van der Waals surface area contributed by atoms with Gasteiger partial charge in [0.25, 0.3) is 0 Å². The Kier molecular flexibility index (Phi) is 4.07. The molecule has 112 valence electrons. The minimum Gasteiger partial charge on any atom is -0.398 e. The first kappa shape index (κ1) is 14.3. The number of hydrogen-bond acceptors (Lipinski definition) is 6. The van der Waals surface area contributed by atoms with Crippen molar-refractivity contribution in [1.82, 2.24) is 14.9 Å². The fourth-order valence-electron chi connectivity index (χ4n) is 2.63. The highest BCUT2D eigenvalue weighted by molar-refractivity contribution is 7.13. The van der Waals surface area contributed by atoms with E-state index in [1.54, 1.807) is 11.3 Å². The number of aromatic nitrogens is 2. The third-order valence-electron chi connectivity index (χ3n) is 4.11. The van der Waals surface area contributed by atoms with Crippen molar-refractivity contribution in [2.24, 2.45) is 0 Å². The number of rotatable bonds is 3. The molecule has 1 aliphatic heterocycles. The van der Waals surface area contributed by atoms with Crippen LogP contribution in [0.25, 0.3) is 0 Å². The molecule has 0 bridgehead atoms. The van der Waals surface area contributed by atoms with Gasteiger partial charge in [0.1, 0.15) is 0 Å². The number of hydrogen-bond donors (Lipinski definition) is 1. The van der Waals surface area contributed by atoms with Crippen LogP contribution in [0.2, 0.25) is 0 Å². The summed E-state index contributed by atoms with van der Waals surface area (Å²) in [5.74, 6) is 0. The molecular weight excluding hydrogens is 282 g/mol. The molecule has 1 fully saturated rings. The number of thiazole rings is 1. The standard InChI is InChI=1S/C15H21N5S/c1-11-9-18-13(12(2)14(11)16)10-19-4-6-20(7-5-19)15-17-3-8-21-15/h3,8-9H,4-7,10H2,1-2H3,(H2,16,18). The summed E-state index contributed by atoms with van der Waals surface area (Å²) in [6.07, 6.45) is 3.75. The van der Waals surface area contributed by atoms with Gasteiger partial charge in [-0.1, -0.05) is 0 Å². The maximum Gasteiger partial charge on any atom is 0.185 e. The fourth-order valence-corrected chi connectivity index (χ4v) is 3.33. The van der Waals surface area contributed by atoms with Crippen LogP contribution in [0, 0.1) is 13.8 Å². The van der Waals surface area contributed by atoms with Crippen molar-refractivity contribution in [3.8, 4) is 0 Å². The van der Waals surface area contributed by atoms with Crippen LogP contribution in [0.4, 0.5) is 10.8 Å². The summed E-state index contributed by atoms with van der Waals surface area (Å²) in [5.41, 5.74) is 10.3. The lowest BCUT2D eigenvalue weighted by Gasteiger charge is -2.34. The highest BCUT2D eigenvalue weighted by atomic mass is 32.1. The van der Waals surface area contributed by atoms with Crippen molar-refractivity contribution in [2.45, 2.75) is 20.4 Å². The van der Waals surface area contributed by atoms with Crippen LogP contribution in [0.3, 0.4) is 0 Å². The zero-order valence-electron chi connectivity index (χ0n) is 12.5. The van der Waals surface area contributed by atoms with Gasteiger partial charge in [0.05, 0.1) is 5.69 Å². The second kappa shape index (κ2) is 5.99. The van der Waals surface area contributed by atoms with Gasteiger partial charge in [0.15, 0.2) is 5.13 Å². The van der Waals surface area contributed by atoms with Crippen molar-refractivity contribution in [3.05, 3.63) is 34.6 Å². The molecule has 0 spiro atoms. The Morgan fingerprint density at radius 2 is 1.95 bits per heavy atom. The minimum atomic E-state index is 0.876. The summed E-state index contributed by atoms with van der Waals surface area (Å²) >= 11 is 1.71. The summed E-state index contributed by atoms with van der Waals surface area (Å²) in [7, 11) is 0. The lowest BCUT2D eigenvalue weighted by molar-refractivity contribution is 0.246. The van der Waals surface area contributed by atoms with Gasteiger partial charge in [0.2, 0.25) is 0 Å². The van der Waals surface area contributed by atoms with Crippen LogP contribution < -0.4 is 10.6 Å². The maximum atomic E-state index is 6.10. The van der Waals surface area contributed by atoms with E-state index in [4.69, 9.17) is 5.73 Å². The van der Waals surface area contributed by atoms with Gasteiger partial charge in [-0.15, -0.1) is 11.3 Å². The molecule has 0 radical (unpaired) electrons. The van der Waals surface area contributed by atoms with E-state index in [2.05, 4.69) is 26.7 Å². The number of piperazine rings is 1. The van der Waals surface area contributed by atoms with Crippen LogP contribution in [0.1, 0.15) is 16.8 Å². The van der Waals surface area contributed by atoms with Crippen molar-refractivity contribution in [1.29, 1.82) is 0 Å². The molecule has 0 unspecified atom stereocenters. The van der Waals surface area contributed by atoms with E-state index in [-0.39, 0.29) is 0 Å². The van der Waals surface area contributed by atoms with E-state index in [0.29, 0.717) is 0 Å². The second-order valence-corrected chi connectivity index (χ2v) is 6.38. The number of nitrogen functional groups attached to an aromatic ring is 1. The predicted molar refractivity (Wildman–Crippen MR) is 87.7 cm³/mol. The molecule has 2 aromatic heterocycles. The maximum absolute atomic E-state index is 6.10. The number of nitrogens with zero attached hydrogens (tertiary/aromatic N) is 4. The van der Waals surface area contributed by atoms with Gasteiger partial charge in [-0.05, 0) is 25.0 Å². The third kappa shape index (κ3) is 3.01. The van der Waals surface area contributed by atoms with Gasteiger partial charge in [-0.3, -0.25) is 9.88 Å². The Hall–Kier alpha value is -1.66. The van der Waals surface area contributed by atoms with Crippen LogP contribution in [0.5, 0.6) is 0 Å². The van der Waals surface area contributed by atoms with E-state index in [1.165, 1.54) is 0 Å². The fraction of sp³-hybridized carbons (Fsp3) is 0.467. The first-order chi connectivity index (χ1) is 10.1. The molecule has 0 aromatic carbocycles. The molecule has 21 heavy (non-hydrogen) atoms. The smallest absolute Gasteiger partial charge is 0.185 e. The van der Waals surface area contributed by atoms with Gasteiger partial charge < -0.3 is 10.6 Å². The topological polar surface area (TPSA) is 58.3 Å². The molecule has 1 aliphatic rings. The predicted octanol–water partition coefficient (Wildman–Crippen LogP) is 2.06. The van der Waals surface area contributed by atoms with E-state index < -0.39 is 0 Å². The minimum absolute atomic E-state index is 0.876. The van der Waals surface area contributed by atoms with E-state index in [9.17, 15) is 0 Å². The molecule has 3 rings (SSSR count). The molecule has 0 atom stereocenters. The molecule has 5 nitrogen and oxygen atoms in total. The van der Waals surface area contributed by atoms with Crippen molar-refractivity contribution in [3.63, 3.8) is 0 Å². The second-order valence-electron chi connectivity index (χ2n) is 5.50. The Bertz CT molecular complexity index is 603. The highest BCUT2D eigenvalue weighted by Crippen LogP contribution is 2.22. The van der Waals surface area contributed by atoms with Gasteiger partial charge in [-0.25, -0.2) is 4.98 Å². The Labute approximate surface area is 129 Å². The molecule has 1 saturated heterocycles. The number of nitrogens with two attached hydrogens (primary N) is 1. The van der Waals surface area contributed by atoms with Crippen LogP contribution >= 0.6 is 11.3 Å². The first-order valence-electron chi connectivity index (χ1n) is 7.22. The normalized spacial score (nSPS) is 16.4. The molecule has 0 saturated carbocycles. The summed E-state index contributed by atoms with van der Waals surface area (Å²) in [4.78, 5) is 13.7. The van der Waals surface area contributed by atoms with Crippen LogP contribution in [-0.4, -0.2) is 41.0 Å². The number of aryl methyl sites for hydroxylation is 1. The zero-order valence-corrected chi connectivity index (χ0v) is 13.4. The molecule has 0 amide bonds. The molecule has 3 heterocycles. The molecule has 2 N–H and O–H groups in total. The quantitative estimate of drug-likeness (QED) is 0.940. The molecule has 2 aromatic rings. The van der Waals surface area contributed by atoms with Crippen molar-refractivity contribution < 1.29 is 0 Å². The van der Waals surface area contributed by atoms with Crippen molar-refractivity contribution in [2.75, 3.05) is 36.8 Å². The largest absolute Gasteiger partial charge is 0.398 e. The van der Waals surface area contributed by atoms with Gasteiger partial charge in [-0.2, -0.15) is 0 Å². The number of anilines is 2. The van der Waals surface area contributed by atoms with E-state index >= 15 is 0 Å². The highest BCUT2D eigenvalue weighted by Gasteiger charge is 2.20. The third-order valence-corrected chi connectivity index (χ3v) is 4.94. The molecule has 6 heteroatoms. The molecule has 0 aliphatic carbocycles. The van der Waals surface area contributed by atoms with Crippen molar-refractivity contribution >= 4 is 22.2 Å². The average molecular weight is 303 g/mol. The summed E-state index contributed by atoms with van der Waals surface area (Å²) in [6.45, 7) is 9.06. The summed E-state index contributed by atoms with van der Waals surface area (Å²) in [5, 5.41) is 3.16. The summed E-state index contributed by atoms with van der Waals surface area (Å²) < 4.78 is 0. The van der Waals surface area contributed by atoms with Gasteiger partial charge >= 0.3 is 0 Å². The van der Waals surface area contributed by atoms with Crippen LogP contribution in [0.15, 0.2) is 17.8 Å². The van der Waals surface area contributed by atoms with E-state index in [0.717, 1.165) is 60.4 Å². The number of pyridine rings is 1. The van der Waals surface area contributed by atoms with Gasteiger partial charge in [0, 0.05) is 56.2 Å². The lowest BCUT2D eigenvalue weighted by atomic mass is 10.1. The Morgan fingerprint density at radius 1 is 1.19 bits per heavy atom. The summed E-state index contributed by atoms with van der Waals surface area (Å²) in [6, 6.07) is 0. The zero-order chi connectivity index (χ0) is 14.8. The van der Waals surface area contributed by atoms with E-state index in [1.807, 2.05) is 24.7 Å². The SMILES string of the molecule is Cc1cnc(CN2CCN(c3nccs3)CC2)c(C)c1N. The van der Waals surface area contributed by atoms with Crippen LogP contribution in [-0.2, 0) is 6.54 Å². The Morgan fingerprint density at radius 3 is 2.62 bits per heavy atom. The first-order valence-corrected chi connectivity index (χ1v) is 8.10. The monoisotopic (exact) mass is 303 g/mol. The molecular formula is C15H21N5S. The Balaban J connectivity index is 1.62.